The van der Waals surface area contributed by atoms with Crippen LogP contribution in [0.25, 0.3) is 10.9 Å². The topological polar surface area (TPSA) is 36.4 Å². The summed E-state index contributed by atoms with van der Waals surface area (Å²) in [6.07, 6.45) is 2.19. The van der Waals surface area contributed by atoms with Crippen LogP contribution in [-0.2, 0) is 6.54 Å². The number of likely N-dealkylation sites (N-methyl/N-ethyl adjacent to an activating group) is 1. The molecule has 0 radical (unpaired) electrons. The molecular weight excluding hydrogens is 236 g/mol. The number of nitrogens with zero attached hydrogens (tertiary/aromatic N) is 2. The van der Waals surface area contributed by atoms with Gasteiger partial charge >= 0.3 is 0 Å². The van der Waals surface area contributed by atoms with Crippen molar-refractivity contribution in [1.29, 1.82) is 0 Å². The molecule has 3 nitrogen and oxygen atoms in total. The number of hydrogen-bond donors (Lipinski definition) is 1. The Labute approximate surface area is 113 Å². The number of benzene rings is 1. The molecule has 3 heteroatoms. The number of rotatable bonds is 5. The molecule has 1 N–H and O–H groups in total. The van der Waals surface area contributed by atoms with Crippen molar-refractivity contribution in [2.75, 3.05) is 13.6 Å². The maximum atomic E-state index is 9.95. The summed E-state index contributed by atoms with van der Waals surface area (Å²) in [4.78, 5) is 6.81. The van der Waals surface area contributed by atoms with Gasteiger partial charge in [-0.15, -0.1) is 0 Å². The highest BCUT2D eigenvalue weighted by atomic mass is 16.3. The minimum Gasteiger partial charge on any atom is -0.392 e. The molecule has 1 aromatic heterocycles. The second-order valence-electron chi connectivity index (χ2n) is 5.60. The highest BCUT2D eigenvalue weighted by Gasteiger charge is 2.30. The monoisotopic (exact) mass is 256 g/mol. The van der Waals surface area contributed by atoms with Gasteiger partial charge in [0.05, 0.1) is 17.3 Å². The molecule has 2 aromatic rings. The zero-order valence-electron chi connectivity index (χ0n) is 11.3. The fourth-order valence-corrected chi connectivity index (χ4v) is 2.49. The van der Waals surface area contributed by atoms with Crippen molar-refractivity contribution in [2.24, 2.45) is 5.92 Å². The van der Waals surface area contributed by atoms with Crippen molar-refractivity contribution < 1.29 is 5.11 Å². The summed E-state index contributed by atoms with van der Waals surface area (Å²) in [7, 11) is 2.04. The second-order valence-corrected chi connectivity index (χ2v) is 5.60. The largest absolute Gasteiger partial charge is 0.392 e. The fourth-order valence-electron chi connectivity index (χ4n) is 2.49. The molecule has 1 heterocycles. The molecule has 0 spiro atoms. The predicted octanol–water partition coefficient (Wildman–Crippen LogP) is 2.44. The summed E-state index contributed by atoms with van der Waals surface area (Å²) in [5, 5.41) is 11.1. The van der Waals surface area contributed by atoms with Crippen LogP contribution in [0.3, 0.4) is 0 Å². The number of aliphatic hydroxyl groups excluding tert-OH is 1. The smallest absolute Gasteiger partial charge is 0.0705 e. The Hall–Kier alpha value is -1.45. The maximum Gasteiger partial charge on any atom is 0.0705 e. The van der Waals surface area contributed by atoms with Gasteiger partial charge < -0.3 is 5.11 Å². The second kappa shape index (κ2) is 5.27. The van der Waals surface area contributed by atoms with E-state index >= 15 is 0 Å². The number of hydrogen-bond acceptors (Lipinski definition) is 3. The standard InChI is InChI=1S/C16H20N2O/c1-18(11-16(19)13-6-7-13)10-14-9-8-12-4-2-3-5-15(12)17-14/h2-5,8-9,13,16,19H,6-7,10-11H2,1H3. The van der Waals surface area contributed by atoms with Crippen molar-refractivity contribution in [3.05, 3.63) is 42.1 Å². The normalized spacial score (nSPS) is 17.0. The van der Waals surface area contributed by atoms with Gasteiger partial charge in [0.15, 0.2) is 0 Å². The summed E-state index contributed by atoms with van der Waals surface area (Å²) in [6.45, 7) is 1.52. The molecule has 1 saturated carbocycles. The Kier molecular flexibility index (Phi) is 3.49. The molecule has 0 aliphatic heterocycles. The lowest BCUT2D eigenvalue weighted by Crippen LogP contribution is -2.30. The Morgan fingerprint density at radius 1 is 1.26 bits per heavy atom. The van der Waals surface area contributed by atoms with E-state index in [9.17, 15) is 5.11 Å². The van der Waals surface area contributed by atoms with Crippen LogP contribution in [0.2, 0.25) is 0 Å². The van der Waals surface area contributed by atoms with Gasteiger partial charge in [0.25, 0.3) is 0 Å². The molecule has 19 heavy (non-hydrogen) atoms. The Bertz CT molecular complexity index is 565. The molecule has 0 bridgehead atoms. The van der Waals surface area contributed by atoms with Crippen LogP contribution in [-0.4, -0.2) is 34.7 Å². The van der Waals surface area contributed by atoms with Crippen LogP contribution in [0.4, 0.5) is 0 Å². The van der Waals surface area contributed by atoms with Crippen molar-refractivity contribution >= 4 is 10.9 Å². The quantitative estimate of drug-likeness (QED) is 0.892. The van der Waals surface area contributed by atoms with Gasteiger partial charge in [-0.1, -0.05) is 24.3 Å². The van der Waals surface area contributed by atoms with Crippen LogP contribution < -0.4 is 0 Å². The first-order valence-electron chi connectivity index (χ1n) is 6.93. The highest BCUT2D eigenvalue weighted by Crippen LogP contribution is 2.32. The third-order valence-electron chi connectivity index (χ3n) is 3.75. The SMILES string of the molecule is CN(Cc1ccc2ccccc2n1)CC(O)C1CC1. The van der Waals surface area contributed by atoms with Crippen LogP contribution >= 0.6 is 0 Å². The Balaban J connectivity index is 1.66. The average molecular weight is 256 g/mol. The molecule has 1 aliphatic rings. The minimum absolute atomic E-state index is 0.176. The van der Waals surface area contributed by atoms with Gasteiger partial charge in [-0.2, -0.15) is 0 Å². The summed E-state index contributed by atoms with van der Waals surface area (Å²) < 4.78 is 0. The van der Waals surface area contributed by atoms with E-state index in [1.807, 2.05) is 25.2 Å². The lowest BCUT2D eigenvalue weighted by molar-refractivity contribution is 0.104. The van der Waals surface area contributed by atoms with Gasteiger partial charge in [-0.3, -0.25) is 9.88 Å². The molecule has 1 aromatic carbocycles. The van der Waals surface area contributed by atoms with Crippen LogP contribution in [0.5, 0.6) is 0 Å². The van der Waals surface area contributed by atoms with Gasteiger partial charge in [-0.05, 0) is 37.9 Å². The lowest BCUT2D eigenvalue weighted by atomic mass is 10.2. The molecule has 100 valence electrons. The first-order chi connectivity index (χ1) is 9.22. The fraction of sp³-hybridized carbons (Fsp3) is 0.438. The summed E-state index contributed by atoms with van der Waals surface area (Å²) in [5.74, 6) is 0.534. The Morgan fingerprint density at radius 2 is 2.05 bits per heavy atom. The third-order valence-corrected chi connectivity index (χ3v) is 3.75. The summed E-state index contributed by atoms with van der Waals surface area (Å²) in [5.41, 5.74) is 2.10. The molecule has 1 atom stereocenters. The molecular formula is C16H20N2O. The summed E-state index contributed by atoms with van der Waals surface area (Å²) >= 11 is 0. The van der Waals surface area contributed by atoms with Crippen LogP contribution in [0, 0.1) is 5.92 Å². The van der Waals surface area contributed by atoms with E-state index in [1.54, 1.807) is 0 Å². The molecule has 0 amide bonds. The first kappa shape index (κ1) is 12.6. The lowest BCUT2D eigenvalue weighted by Gasteiger charge is -2.20. The van der Waals surface area contributed by atoms with Crippen LogP contribution in [0.15, 0.2) is 36.4 Å². The zero-order valence-corrected chi connectivity index (χ0v) is 11.3. The van der Waals surface area contributed by atoms with Gasteiger partial charge in [0.1, 0.15) is 0 Å². The highest BCUT2D eigenvalue weighted by molar-refractivity contribution is 5.78. The molecule has 3 rings (SSSR count). The van der Waals surface area contributed by atoms with Crippen molar-refractivity contribution in [3.8, 4) is 0 Å². The third kappa shape index (κ3) is 3.11. The summed E-state index contributed by atoms with van der Waals surface area (Å²) in [6, 6.07) is 12.3. The zero-order chi connectivity index (χ0) is 13.2. The van der Waals surface area contributed by atoms with Crippen molar-refractivity contribution in [3.63, 3.8) is 0 Å². The van der Waals surface area contributed by atoms with Gasteiger partial charge in [0, 0.05) is 18.5 Å². The number of aromatic nitrogens is 1. The van der Waals surface area contributed by atoms with E-state index in [4.69, 9.17) is 0 Å². The average Bonchev–Trinajstić information content (AvgIpc) is 3.22. The number of fused-ring (bicyclic) bond motifs is 1. The molecule has 1 unspecified atom stereocenters. The van der Waals surface area contributed by atoms with Gasteiger partial charge in [-0.25, -0.2) is 0 Å². The molecule has 1 aliphatic carbocycles. The number of pyridine rings is 1. The Morgan fingerprint density at radius 3 is 2.84 bits per heavy atom. The van der Waals surface area contributed by atoms with E-state index in [1.165, 1.54) is 18.2 Å². The van der Waals surface area contributed by atoms with E-state index in [0.717, 1.165) is 24.3 Å². The van der Waals surface area contributed by atoms with Crippen molar-refractivity contribution in [1.82, 2.24) is 9.88 Å². The maximum absolute atomic E-state index is 9.95. The number of aliphatic hydroxyl groups is 1. The van der Waals surface area contributed by atoms with E-state index in [0.29, 0.717) is 5.92 Å². The van der Waals surface area contributed by atoms with Crippen LogP contribution in [0.1, 0.15) is 18.5 Å². The molecule has 1 fully saturated rings. The minimum atomic E-state index is -0.176. The van der Waals surface area contributed by atoms with E-state index < -0.39 is 0 Å². The number of para-hydroxylation sites is 1. The molecule has 0 saturated heterocycles. The van der Waals surface area contributed by atoms with E-state index in [2.05, 4.69) is 28.1 Å². The van der Waals surface area contributed by atoms with E-state index in [-0.39, 0.29) is 6.10 Å². The predicted molar refractivity (Wildman–Crippen MR) is 76.8 cm³/mol. The van der Waals surface area contributed by atoms with Crippen molar-refractivity contribution in [2.45, 2.75) is 25.5 Å². The first-order valence-corrected chi connectivity index (χ1v) is 6.93. The van der Waals surface area contributed by atoms with Gasteiger partial charge in [0.2, 0.25) is 0 Å².